The van der Waals surface area contributed by atoms with Crippen molar-refractivity contribution < 1.29 is 9.72 Å². The molecule has 0 aromatic heterocycles. The van der Waals surface area contributed by atoms with Crippen LogP contribution in [-0.4, -0.2) is 10.8 Å². The molecule has 0 fully saturated rings. The van der Waals surface area contributed by atoms with Crippen LogP contribution in [0.4, 0.5) is 11.4 Å². The smallest absolute Gasteiger partial charge is 0.289 e. The minimum Gasteiger partial charge on any atom is -0.326 e. The highest BCUT2D eigenvalue weighted by Crippen LogP contribution is 2.28. The number of nitro benzene ring substituents is 1. The average Bonchev–Trinajstić information content (AvgIpc) is 2.49. The Morgan fingerprint density at radius 3 is 2.59 bits per heavy atom. The van der Waals surface area contributed by atoms with E-state index in [1.54, 1.807) is 6.07 Å². The zero-order chi connectivity index (χ0) is 16.1. The van der Waals surface area contributed by atoms with Gasteiger partial charge in [0.1, 0.15) is 5.02 Å². The lowest BCUT2D eigenvalue weighted by Crippen LogP contribution is -2.14. The molecule has 1 amide bonds. The van der Waals surface area contributed by atoms with Gasteiger partial charge in [-0.25, -0.2) is 0 Å². The quantitative estimate of drug-likeness (QED) is 0.656. The van der Waals surface area contributed by atoms with Crippen LogP contribution >= 0.6 is 11.6 Å². The van der Waals surface area contributed by atoms with Crippen LogP contribution in [0.25, 0.3) is 0 Å². The fraction of sp³-hybridized carbons (Fsp3) is 0.188. The SMILES string of the molecule is C[C@@H](CC(=O)Nc1ccc(Cl)c([N+](=O)[O-])c1)c1ccccc1. The Kier molecular flexibility index (Phi) is 5.12. The molecule has 22 heavy (non-hydrogen) atoms. The van der Waals surface area contributed by atoms with Gasteiger partial charge in [-0.05, 0) is 23.6 Å². The number of carbonyl (C=O) groups is 1. The maximum absolute atomic E-state index is 12.0. The standard InChI is InChI=1S/C16H15ClN2O3/c1-11(12-5-3-2-4-6-12)9-16(20)18-13-7-8-14(17)15(10-13)19(21)22/h2-8,10-11H,9H2,1H3,(H,18,20)/t11-/m0/s1. The highest BCUT2D eigenvalue weighted by atomic mass is 35.5. The van der Waals surface area contributed by atoms with Gasteiger partial charge < -0.3 is 5.32 Å². The molecule has 114 valence electrons. The van der Waals surface area contributed by atoms with Gasteiger partial charge in [-0.1, -0.05) is 48.9 Å². The van der Waals surface area contributed by atoms with Gasteiger partial charge in [0.25, 0.3) is 5.69 Å². The van der Waals surface area contributed by atoms with E-state index in [4.69, 9.17) is 11.6 Å². The van der Waals surface area contributed by atoms with Gasteiger partial charge >= 0.3 is 0 Å². The minimum atomic E-state index is -0.579. The predicted molar refractivity (Wildman–Crippen MR) is 86.2 cm³/mol. The zero-order valence-electron chi connectivity index (χ0n) is 12.0. The number of rotatable bonds is 5. The molecule has 0 aliphatic heterocycles. The Balaban J connectivity index is 2.03. The lowest BCUT2D eigenvalue weighted by molar-refractivity contribution is -0.384. The van der Waals surface area contributed by atoms with Crippen molar-refractivity contribution in [2.24, 2.45) is 0 Å². The Morgan fingerprint density at radius 2 is 1.95 bits per heavy atom. The Hall–Kier alpha value is -2.40. The van der Waals surface area contributed by atoms with Crippen LogP contribution < -0.4 is 5.32 Å². The van der Waals surface area contributed by atoms with E-state index in [0.29, 0.717) is 12.1 Å². The van der Waals surface area contributed by atoms with Crippen LogP contribution in [0.3, 0.4) is 0 Å². The number of halogens is 1. The first-order valence-electron chi connectivity index (χ1n) is 6.76. The first-order chi connectivity index (χ1) is 10.5. The number of nitrogens with zero attached hydrogens (tertiary/aromatic N) is 1. The van der Waals surface area contributed by atoms with Crippen LogP contribution in [0.1, 0.15) is 24.8 Å². The Bertz CT molecular complexity index is 689. The minimum absolute atomic E-state index is 0.0423. The number of nitro groups is 1. The lowest BCUT2D eigenvalue weighted by Gasteiger charge is -2.12. The predicted octanol–water partition coefficient (Wildman–Crippen LogP) is 4.38. The number of hydrogen-bond donors (Lipinski definition) is 1. The fourth-order valence-corrected chi connectivity index (χ4v) is 2.31. The molecule has 0 saturated carbocycles. The van der Waals surface area contributed by atoms with Gasteiger partial charge in [0, 0.05) is 18.2 Å². The molecule has 6 heteroatoms. The van der Waals surface area contributed by atoms with Crippen LogP contribution in [0, 0.1) is 10.1 Å². The van der Waals surface area contributed by atoms with Crippen LogP contribution in [0.5, 0.6) is 0 Å². The van der Waals surface area contributed by atoms with E-state index >= 15 is 0 Å². The molecule has 2 aromatic rings. The largest absolute Gasteiger partial charge is 0.326 e. The molecule has 1 N–H and O–H groups in total. The van der Waals surface area contributed by atoms with E-state index < -0.39 is 4.92 Å². The molecule has 5 nitrogen and oxygen atoms in total. The highest BCUT2D eigenvalue weighted by molar-refractivity contribution is 6.32. The maximum Gasteiger partial charge on any atom is 0.289 e. The van der Waals surface area contributed by atoms with E-state index in [1.165, 1.54) is 12.1 Å². The average molecular weight is 319 g/mol. The summed E-state index contributed by atoms with van der Waals surface area (Å²) < 4.78 is 0. The van der Waals surface area contributed by atoms with E-state index in [0.717, 1.165) is 5.56 Å². The Morgan fingerprint density at radius 1 is 1.27 bits per heavy atom. The molecule has 2 aromatic carbocycles. The third kappa shape index (κ3) is 4.05. The summed E-state index contributed by atoms with van der Waals surface area (Å²) in [6.07, 6.45) is 0.292. The Labute approximate surface area is 133 Å². The van der Waals surface area contributed by atoms with Crippen molar-refractivity contribution in [2.75, 3.05) is 5.32 Å². The molecular weight excluding hydrogens is 304 g/mol. The van der Waals surface area contributed by atoms with E-state index in [1.807, 2.05) is 37.3 Å². The summed E-state index contributed by atoms with van der Waals surface area (Å²) in [6, 6.07) is 13.9. The second kappa shape index (κ2) is 7.04. The summed E-state index contributed by atoms with van der Waals surface area (Å²) in [6.45, 7) is 1.96. The van der Waals surface area contributed by atoms with Crippen LogP contribution in [0.2, 0.25) is 5.02 Å². The van der Waals surface area contributed by atoms with E-state index in [9.17, 15) is 14.9 Å². The number of hydrogen-bond acceptors (Lipinski definition) is 3. The zero-order valence-corrected chi connectivity index (χ0v) is 12.7. The molecule has 0 bridgehead atoms. The van der Waals surface area contributed by atoms with Crippen molar-refractivity contribution in [1.82, 2.24) is 0 Å². The number of anilines is 1. The second-order valence-electron chi connectivity index (χ2n) is 4.99. The first-order valence-corrected chi connectivity index (χ1v) is 7.14. The summed E-state index contributed by atoms with van der Waals surface area (Å²) in [7, 11) is 0. The van der Waals surface area contributed by atoms with Gasteiger partial charge in [-0.3, -0.25) is 14.9 Å². The first kappa shape index (κ1) is 16.0. The topological polar surface area (TPSA) is 72.2 Å². The molecule has 1 atom stereocenters. The van der Waals surface area contributed by atoms with Crippen molar-refractivity contribution in [1.29, 1.82) is 0 Å². The summed E-state index contributed by atoms with van der Waals surface area (Å²) in [5.41, 5.74) is 1.21. The molecule has 0 aliphatic rings. The van der Waals surface area contributed by atoms with E-state index in [2.05, 4.69) is 5.32 Å². The summed E-state index contributed by atoms with van der Waals surface area (Å²) in [4.78, 5) is 22.3. The van der Waals surface area contributed by atoms with Crippen molar-refractivity contribution in [3.8, 4) is 0 Å². The van der Waals surface area contributed by atoms with Crippen molar-refractivity contribution >= 4 is 28.9 Å². The number of nitrogens with one attached hydrogen (secondary N) is 1. The molecule has 0 spiro atoms. The van der Waals surface area contributed by atoms with Crippen molar-refractivity contribution in [2.45, 2.75) is 19.3 Å². The molecule has 0 unspecified atom stereocenters. The lowest BCUT2D eigenvalue weighted by atomic mass is 9.97. The van der Waals surface area contributed by atoms with Gasteiger partial charge in [-0.2, -0.15) is 0 Å². The number of benzene rings is 2. The number of carbonyl (C=O) groups excluding carboxylic acids is 1. The molecule has 2 rings (SSSR count). The third-order valence-corrected chi connectivity index (χ3v) is 3.61. The summed E-state index contributed by atoms with van der Waals surface area (Å²) in [5, 5.41) is 13.5. The summed E-state index contributed by atoms with van der Waals surface area (Å²) in [5.74, 6) is -0.142. The van der Waals surface area contributed by atoms with Crippen molar-refractivity contribution in [3.05, 3.63) is 69.2 Å². The molecule has 0 heterocycles. The van der Waals surface area contributed by atoms with Crippen LogP contribution in [-0.2, 0) is 4.79 Å². The molecule has 0 radical (unpaired) electrons. The third-order valence-electron chi connectivity index (χ3n) is 3.29. The highest BCUT2D eigenvalue weighted by Gasteiger charge is 2.15. The number of amides is 1. The molecular formula is C16H15ClN2O3. The normalized spacial score (nSPS) is 11.7. The van der Waals surface area contributed by atoms with Gasteiger partial charge in [0.05, 0.1) is 4.92 Å². The molecule has 0 saturated heterocycles. The van der Waals surface area contributed by atoms with E-state index in [-0.39, 0.29) is 22.5 Å². The summed E-state index contributed by atoms with van der Waals surface area (Å²) >= 11 is 5.74. The fourth-order valence-electron chi connectivity index (χ4n) is 2.12. The van der Waals surface area contributed by atoms with Gasteiger partial charge in [0.2, 0.25) is 5.91 Å². The van der Waals surface area contributed by atoms with Crippen molar-refractivity contribution in [3.63, 3.8) is 0 Å². The maximum atomic E-state index is 12.0. The van der Waals surface area contributed by atoms with Gasteiger partial charge in [-0.15, -0.1) is 0 Å². The second-order valence-corrected chi connectivity index (χ2v) is 5.39. The monoisotopic (exact) mass is 318 g/mol. The van der Waals surface area contributed by atoms with Gasteiger partial charge in [0.15, 0.2) is 0 Å². The van der Waals surface area contributed by atoms with Crippen LogP contribution in [0.15, 0.2) is 48.5 Å². The molecule has 0 aliphatic carbocycles.